The molecule has 0 unspecified atom stereocenters. The molecule has 0 spiro atoms. The van der Waals surface area contributed by atoms with Crippen molar-refractivity contribution in [2.45, 2.75) is 19.9 Å². The fourth-order valence-electron chi connectivity index (χ4n) is 2.06. The highest BCUT2D eigenvalue weighted by Gasteiger charge is 2.16. The minimum Gasteiger partial charge on any atom is -0.312 e. The number of aromatic nitrogens is 4. The number of nitrogens with one attached hydrogen (secondary N) is 2. The monoisotopic (exact) mass is 243 g/mol. The summed E-state index contributed by atoms with van der Waals surface area (Å²) in [7, 11) is 0. The van der Waals surface area contributed by atoms with E-state index in [9.17, 15) is 4.79 Å². The number of hydrogen-bond acceptors (Lipinski definition) is 5. The SMILES string of the molecule is Cc1nccc(-c2nc3c(c(=O)[nH]2)CNCC3)n1. The van der Waals surface area contributed by atoms with Gasteiger partial charge in [-0.05, 0) is 13.0 Å². The van der Waals surface area contributed by atoms with Crippen LogP contribution in [0.5, 0.6) is 0 Å². The van der Waals surface area contributed by atoms with Crippen molar-refractivity contribution in [3.8, 4) is 11.5 Å². The zero-order chi connectivity index (χ0) is 12.5. The summed E-state index contributed by atoms with van der Waals surface area (Å²) in [6, 6.07) is 1.75. The van der Waals surface area contributed by atoms with Gasteiger partial charge in [-0.1, -0.05) is 0 Å². The lowest BCUT2D eigenvalue weighted by atomic mass is 10.1. The Balaban J connectivity index is 2.14. The molecule has 0 aromatic carbocycles. The van der Waals surface area contributed by atoms with E-state index in [0.717, 1.165) is 24.2 Å². The Hall–Kier alpha value is -2.08. The molecule has 0 fully saturated rings. The lowest BCUT2D eigenvalue weighted by molar-refractivity contribution is 0.621. The van der Waals surface area contributed by atoms with Crippen molar-refractivity contribution >= 4 is 0 Å². The van der Waals surface area contributed by atoms with E-state index < -0.39 is 0 Å². The maximum atomic E-state index is 12.0. The van der Waals surface area contributed by atoms with Crippen molar-refractivity contribution in [1.82, 2.24) is 25.3 Å². The summed E-state index contributed by atoms with van der Waals surface area (Å²) in [5.74, 6) is 1.18. The minimum atomic E-state index is -0.0848. The predicted octanol–water partition coefficient (Wildman–Crippen LogP) is 0.181. The van der Waals surface area contributed by atoms with Gasteiger partial charge in [-0.25, -0.2) is 15.0 Å². The van der Waals surface area contributed by atoms with Crippen molar-refractivity contribution in [2.75, 3.05) is 6.54 Å². The molecule has 2 aromatic heterocycles. The van der Waals surface area contributed by atoms with Gasteiger partial charge in [0, 0.05) is 25.7 Å². The number of hydrogen-bond donors (Lipinski definition) is 2. The van der Waals surface area contributed by atoms with Gasteiger partial charge in [0.05, 0.1) is 11.3 Å². The summed E-state index contributed by atoms with van der Waals surface area (Å²) in [6.45, 7) is 3.25. The summed E-state index contributed by atoms with van der Waals surface area (Å²) >= 11 is 0. The molecule has 1 aliphatic rings. The average Bonchev–Trinajstić information content (AvgIpc) is 2.39. The number of H-pyrrole nitrogens is 1. The average molecular weight is 243 g/mol. The van der Waals surface area contributed by atoms with E-state index in [-0.39, 0.29) is 5.56 Å². The summed E-state index contributed by atoms with van der Waals surface area (Å²) in [5, 5.41) is 3.16. The zero-order valence-electron chi connectivity index (χ0n) is 10.0. The van der Waals surface area contributed by atoms with Gasteiger partial charge in [0.15, 0.2) is 5.82 Å². The Morgan fingerprint density at radius 1 is 1.33 bits per heavy atom. The molecule has 0 atom stereocenters. The number of rotatable bonds is 1. The van der Waals surface area contributed by atoms with Gasteiger partial charge in [0.25, 0.3) is 5.56 Å². The molecule has 0 saturated carbocycles. The Morgan fingerprint density at radius 2 is 2.22 bits per heavy atom. The van der Waals surface area contributed by atoms with Gasteiger partial charge in [-0.3, -0.25) is 4.79 Å². The van der Waals surface area contributed by atoms with Crippen LogP contribution in [0.4, 0.5) is 0 Å². The highest BCUT2D eigenvalue weighted by Crippen LogP contribution is 2.13. The summed E-state index contributed by atoms with van der Waals surface area (Å²) in [5.41, 5.74) is 2.17. The van der Waals surface area contributed by atoms with Gasteiger partial charge >= 0.3 is 0 Å². The van der Waals surface area contributed by atoms with Crippen molar-refractivity contribution in [2.24, 2.45) is 0 Å². The van der Waals surface area contributed by atoms with Crippen LogP contribution in [0.15, 0.2) is 17.1 Å². The molecule has 18 heavy (non-hydrogen) atoms. The molecule has 0 radical (unpaired) electrons. The van der Waals surface area contributed by atoms with Crippen molar-refractivity contribution in [3.63, 3.8) is 0 Å². The van der Waals surface area contributed by atoms with E-state index in [2.05, 4.69) is 25.3 Å². The van der Waals surface area contributed by atoms with Crippen molar-refractivity contribution in [1.29, 1.82) is 0 Å². The number of aromatic amines is 1. The minimum absolute atomic E-state index is 0.0848. The Kier molecular flexibility index (Phi) is 2.64. The van der Waals surface area contributed by atoms with E-state index in [1.54, 1.807) is 12.3 Å². The van der Waals surface area contributed by atoms with Crippen LogP contribution in [-0.4, -0.2) is 26.5 Å². The summed E-state index contributed by atoms with van der Waals surface area (Å²) in [6.07, 6.45) is 2.44. The van der Waals surface area contributed by atoms with Crippen LogP contribution in [0.3, 0.4) is 0 Å². The van der Waals surface area contributed by atoms with Crippen LogP contribution >= 0.6 is 0 Å². The van der Waals surface area contributed by atoms with Crippen LogP contribution < -0.4 is 10.9 Å². The number of aryl methyl sites for hydroxylation is 1. The van der Waals surface area contributed by atoms with Gasteiger partial charge in [-0.2, -0.15) is 0 Å². The standard InChI is InChI=1S/C12H13N5O/c1-7-14-5-3-10(15-7)11-16-9-2-4-13-6-8(9)12(18)17-11/h3,5,13H,2,4,6H2,1H3,(H,16,17,18). The molecule has 0 aliphatic carbocycles. The van der Waals surface area contributed by atoms with Gasteiger partial charge in [-0.15, -0.1) is 0 Å². The fraction of sp³-hybridized carbons (Fsp3) is 0.333. The van der Waals surface area contributed by atoms with E-state index in [1.165, 1.54) is 0 Å². The molecule has 0 amide bonds. The Morgan fingerprint density at radius 3 is 3.06 bits per heavy atom. The third-order valence-corrected chi connectivity index (χ3v) is 2.96. The first kappa shape index (κ1) is 11.0. The maximum absolute atomic E-state index is 12.0. The van der Waals surface area contributed by atoms with Gasteiger partial charge in [0.2, 0.25) is 0 Å². The predicted molar refractivity (Wildman–Crippen MR) is 66.0 cm³/mol. The Labute approximate surface area is 104 Å². The summed E-state index contributed by atoms with van der Waals surface area (Å²) < 4.78 is 0. The smallest absolute Gasteiger partial charge is 0.255 e. The molecule has 3 heterocycles. The zero-order valence-corrected chi connectivity index (χ0v) is 10.0. The van der Waals surface area contributed by atoms with E-state index in [1.807, 2.05) is 6.92 Å². The molecular formula is C12H13N5O. The molecule has 0 saturated heterocycles. The first-order chi connectivity index (χ1) is 8.74. The fourth-order valence-corrected chi connectivity index (χ4v) is 2.06. The van der Waals surface area contributed by atoms with Gasteiger partial charge < -0.3 is 10.3 Å². The van der Waals surface area contributed by atoms with Crippen LogP contribution in [-0.2, 0) is 13.0 Å². The number of fused-ring (bicyclic) bond motifs is 1. The molecule has 2 N–H and O–H groups in total. The maximum Gasteiger partial charge on any atom is 0.255 e. The quantitative estimate of drug-likeness (QED) is 0.746. The second-order valence-corrected chi connectivity index (χ2v) is 4.26. The van der Waals surface area contributed by atoms with E-state index in [0.29, 0.717) is 23.9 Å². The van der Waals surface area contributed by atoms with Crippen molar-refractivity contribution < 1.29 is 0 Å². The lowest BCUT2D eigenvalue weighted by Gasteiger charge is -2.15. The van der Waals surface area contributed by atoms with Crippen LogP contribution in [0.25, 0.3) is 11.5 Å². The first-order valence-electron chi connectivity index (χ1n) is 5.87. The third kappa shape index (κ3) is 1.91. The molecule has 6 nitrogen and oxygen atoms in total. The van der Waals surface area contributed by atoms with Crippen LogP contribution in [0, 0.1) is 6.92 Å². The molecule has 92 valence electrons. The molecule has 1 aliphatic heterocycles. The molecule has 6 heteroatoms. The summed E-state index contributed by atoms with van der Waals surface area (Å²) in [4.78, 5) is 27.6. The second kappa shape index (κ2) is 4.30. The van der Waals surface area contributed by atoms with Crippen molar-refractivity contribution in [3.05, 3.63) is 39.7 Å². The molecule has 2 aromatic rings. The largest absolute Gasteiger partial charge is 0.312 e. The highest BCUT2D eigenvalue weighted by molar-refractivity contribution is 5.48. The highest BCUT2D eigenvalue weighted by atomic mass is 16.1. The molecule has 3 rings (SSSR count). The molecular weight excluding hydrogens is 230 g/mol. The Bertz CT molecular complexity index is 649. The van der Waals surface area contributed by atoms with Crippen LogP contribution in [0.2, 0.25) is 0 Å². The lowest BCUT2D eigenvalue weighted by Crippen LogP contribution is -2.31. The third-order valence-electron chi connectivity index (χ3n) is 2.96. The topological polar surface area (TPSA) is 83.6 Å². The molecule has 0 bridgehead atoms. The first-order valence-corrected chi connectivity index (χ1v) is 5.87. The second-order valence-electron chi connectivity index (χ2n) is 4.26. The van der Waals surface area contributed by atoms with Crippen LogP contribution in [0.1, 0.15) is 17.1 Å². The number of nitrogens with zero attached hydrogens (tertiary/aromatic N) is 3. The van der Waals surface area contributed by atoms with Gasteiger partial charge in [0.1, 0.15) is 11.5 Å². The van der Waals surface area contributed by atoms with E-state index >= 15 is 0 Å². The van der Waals surface area contributed by atoms with E-state index in [4.69, 9.17) is 0 Å². The normalized spacial score (nSPS) is 14.3.